The number of alkyl halides is 2. The van der Waals surface area contributed by atoms with Gasteiger partial charge >= 0.3 is 6.61 Å². The van der Waals surface area contributed by atoms with Crippen LogP contribution < -0.4 is 14.8 Å². The lowest BCUT2D eigenvalue weighted by molar-refractivity contribution is -0.0519. The van der Waals surface area contributed by atoms with Crippen LogP contribution in [0.1, 0.15) is 33.3 Å². The minimum atomic E-state index is -2.89. The van der Waals surface area contributed by atoms with Crippen LogP contribution in [0.2, 0.25) is 0 Å². The van der Waals surface area contributed by atoms with E-state index in [4.69, 9.17) is 4.74 Å². The molecule has 0 bridgehead atoms. The van der Waals surface area contributed by atoms with Gasteiger partial charge < -0.3 is 14.8 Å². The molecule has 1 aromatic carbocycles. The Labute approximate surface area is 126 Å². The van der Waals surface area contributed by atoms with Gasteiger partial charge in [-0.25, -0.2) is 0 Å². The molecule has 0 atom stereocenters. The predicted molar refractivity (Wildman–Crippen MR) is 78.5 cm³/mol. The molecule has 0 heterocycles. The Bertz CT molecular complexity index is 448. The average Bonchev–Trinajstić information content (AvgIpc) is 2.30. The molecule has 0 aliphatic heterocycles. The second-order valence-electron chi connectivity index (χ2n) is 5.32. The van der Waals surface area contributed by atoms with Crippen molar-refractivity contribution in [3.05, 3.63) is 22.2 Å². The van der Waals surface area contributed by atoms with Crippen molar-refractivity contribution in [2.24, 2.45) is 0 Å². The summed E-state index contributed by atoms with van der Waals surface area (Å²) in [5, 5.41) is 3.33. The number of halogens is 3. The fourth-order valence-electron chi connectivity index (χ4n) is 1.56. The molecule has 0 fully saturated rings. The summed E-state index contributed by atoms with van der Waals surface area (Å²) in [5.74, 6) is 0.342. The number of hydrogen-bond acceptors (Lipinski definition) is 3. The molecule has 0 spiro atoms. The lowest BCUT2D eigenvalue weighted by Crippen LogP contribution is -2.35. The van der Waals surface area contributed by atoms with Crippen LogP contribution in [0.25, 0.3) is 0 Å². The summed E-state index contributed by atoms with van der Waals surface area (Å²) in [6.07, 6.45) is 0. The van der Waals surface area contributed by atoms with Crippen LogP contribution in [0, 0.1) is 0 Å². The Kier molecular flexibility index (Phi) is 6.20. The van der Waals surface area contributed by atoms with Crippen LogP contribution in [0.4, 0.5) is 8.78 Å². The van der Waals surface area contributed by atoms with Crippen molar-refractivity contribution < 1.29 is 18.3 Å². The normalized spacial score (nSPS) is 11.8. The molecule has 6 heteroatoms. The standard InChI is InChI=1S/C14H20BrF2NO2/c1-5-19-11-7-9(8-18-14(2,3)4)6-10(15)12(11)20-13(16)17/h6-7,13,18H,5,8H2,1-4H3. The molecule has 0 saturated heterocycles. The second-order valence-corrected chi connectivity index (χ2v) is 6.17. The number of rotatable bonds is 6. The van der Waals surface area contributed by atoms with Gasteiger partial charge in [-0.3, -0.25) is 0 Å². The lowest BCUT2D eigenvalue weighted by atomic mass is 10.1. The van der Waals surface area contributed by atoms with E-state index in [1.165, 1.54) is 0 Å². The van der Waals surface area contributed by atoms with E-state index in [2.05, 4.69) is 46.8 Å². The van der Waals surface area contributed by atoms with Crippen molar-refractivity contribution >= 4 is 15.9 Å². The first-order valence-corrected chi connectivity index (χ1v) is 7.17. The maximum Gasteiger partial charge on any atom is 0.387 e. The largest absolute Gasteiger partial charge is 0.490 e. The lowest BCUT2D eigenvalue weighted by Gasteiger charge is -2.21. The molecule has 0 unspecified atom stereocenters. The first-order chi connectivity index (χ1) is 9.23. The Morgan fingerprint density at radius 1 is 1.30 bits per heavy atom. The van der Waals surface area contributed by atoms with Crippen molar-refractivity contribution in [2.45, 2.75) is 46.4 Å². The van der Waals surface area contributed by atoms with Crippen molar-refractivity contribution in [3.63, 3.8) is 0 Å². The highest BCUT2D eigenvalue weighted by Crippen LogP contribution is 2.38. The maximum atomic E-state index is 12.4. The SMILES string of the molecule is CCOc1cc(CNC(C)(C)C)cc(Br)c1OC(F)F. The van der Waals surface area contributed by atoms with E-state index in [9.17, 15) is 8.78 Å². The summed E-state index contributed by atoms with van der Waals surface area (Å²) in [4.78, 5) is 0. The van der Waals surface area contributed by atoms with Crippen LogP contribution in [-0.2, 0) is 6.54 Å². The van der Waals surface area contributed by atoms with E-state index < -0.39 is 6.61 Å². The third-order valence-electron chi connectivity index (χ3n) is 2.40. The van der Waals surface area contributed by atoms with Gasteiger partial charge in [0.05, 0.1) is 11.1 Å². The monoisotopic (exact) mass is 351 g/mol. The molecule has 0 aliphatic rings. The third-order valence-corrected chi connectivity index (χ3v) is 2.99. The van der Waals surface area contributed by atoms with Gasteiger partial charge in [0.2, 0.25) is 0 Å². The molecule has 0 aliphatic carbocycles. The van der Waals surface area contributed by atoms with Gasteiger partial charge in [-0.05, 0) is 61.3 Å². The number of nitrogens with one attached hydrogen (secondary N) is 1. The second kappa shape index (κ2) is 7.22. The number of hydrogen-bond donors (Lipinski definition) is 1. The topological polar surface area (TPSA) is 30.5 Å². The molecule has 0 saturated carbocycles. The van der Waals surface area contributed by atoms with E-state index in [1.54, 1.807) is 19.1 Å². The van der Waals surface area contributed by atoms with E-state index in [0.29, 0.717) is 23.4 Å². The third kappa shape index (κ3) is 5.63. The Morgan fingerprint density at radius 3 is 2.45 bits per heavy atom. The Morgan fingerprint density at radius 2 is 1.95 bits per heavy atom. The molecular weight excluding hydrogens is 332 g/mol. The van der Waals surface area contributed by atoms with Crippen LogP contribution in [0.3, 0.4) is 0 Å². The first-order valence-electron chi connectivity index (χ1n) is 6.38. The van der Waals surface area contributed by atoms with E-state index in [1.807, 2.05) is 0 Å². The zero-order chi connectivity index (χ0) is 15.3. The smallest absolute Gasteiger partial charge is 0.387 e. The van der Waals surface area contributed by atoms with Crippen molar-refractivity contribution in [3.8, 4) is 11.5 Å². The van der Waals surface area contributed by atoms with E-state index >= 15 is 0 Å². The Balaban J connectivity index is 3.00. The van der Waals surface area contributed by atoms with Gasteiger partial charge in [-0.1, -0.05) is 0 Å². The minimum Gasteiger partial charge on any atom is -0.490 e. The molecule has 0 radical (unpaired) electrons. The van der Waals surface area contributed by atoms with Crippen LogP contribution >= 0.6 is 15.9 Å². The maximum absolute atomic E-state index is 12.4. The average molecular weight is 352 g/mol. The summed E-state index contributed by atoms with van der Waals surface area (Å²) in [6, 6.07) is 3.46. The quantitative estimate of drug-likeness (QED) is 0.826. The molecular formula is C14H20BrF2NO2. The number of benzene rings is 1. The van der Waals surface area contributed by atoms with Crippen LogP contribution in [-0.4, -0.2) is 18.8 Å². The van der Waals surface area contributed by atoms with Gasteiger partial charge in [-0.2, -0.15) is 8.78 Å². The summed E-state index contributed by atoms with van der Waals surface area (Å²) in [5.41, 5.74) is 0.896. The molecule has 3 nitrogen and oxygen atoms in total. The first kappa shape index (κ1) is 17.2. The predicted octanol–water partition coefficient (Wildman–Crippen LogP) is 4.34. The van der Waals surface area contributed by atoms with Gasteiger partial charge in [0, 0.05) is 12.1 Å². The van der Waals surface area contributed by atoms with Gasteiger partial charge in [0.1, 0.15) is 0 Å². The van der Waals surface area contributed by atoms with E-state index in [-0.39, 0.29) is 11.3 Å². The van der Waals surface area contributed by atoms with Crippen LogP contribution in [0.15, 0.2) is 16.6 Å². The van der Waals surface area contributed by atoms with Crippen molar-refractivity contribution in [1.82, 2.24) is 5.32 Å². The van der Waals surface area contributed by atoms with Crippen molar-refractivity contribution in [2.75, 3.05) is 6.61 Å². The fraction of sp³-hybridized carbons (Fsp3) is 0.571. The zero-order valence-electron chi connectivity index (χ0n) is 12.1. The molecule has 1 aromatic rings. The van der Waals surface area contributed by atoms with Crippen molar-refractivity contribution in [1.29, 1.82) is 0 Å². The molecule has 20 heavy (non-hydrogen) atoms. The molecule has 1 rings (SSSR count). The zero-order valence-corrected chi connectivity index (χ0v) is 13.7. The minimum absolute atomic E-state index is 0.0290. The molecule has 0 aromatic heterocycles. The van der Waals surface area contributed by atoms with E-state index in [0.717, 1.165) is 5.56 Å². The van der Waals surface area contributed by atoms with Gasteiger partial charge in [0.25, 0.3) is 0 Å². The van der Waals surface area contributed by atoms with Gasteiger partial charge in [-0.15, -0.1) is 0 Å². The highest BCUT2D eigenvalue weighted by Gasteiger charge is 2.17. The van der Waals surface area contributed by atoms with Gasteiger partial charge in [0.15, 0.2) is 11.5 Å². The summed E-state index contributed by atoms with van der Waals surface area (Å²) >= 11 is 3.25. The fourth-order valence-corrected chi connectivity index (χ4v) is 2.14. The summed E-state index contributed by atoms with van der Waals surface area (Å²) in [7, 11) is 0. The summed E-state index contributed by atoms with van der Waals surface area (Å²) < 4.78 is 35.2. The highest BCUT2D eigenvalue weighted by atomic mass is 79.9. The Hall–Kier alpha value is -0.880. The molecule has 114 valence electrons. The van der Waals surface area contributed by atoms with Crippen LogP contribution in [0.5, 0.6) is 11.5 Å². The summed E-state index contributed by atoms with van der Waals surface area (Å²) in [6.45, 7) is 6.06. The molecule has 0 amide bonds. The molecule has 1 N–H and O–H groups in total. The number of ether oxygens (including phenoxy) is 2. The highest BCUT2D eigenvalue weighted by molar-refractivity contribution is 9.10.